The summed E-state index contributed by atoms with van der Waals surface area (Å²) in [7, 11) is 7.54. The van der Waals surface area contributed by atoms with Crippen molar-refractivity contribution < 1.29 is 9.53 Å². The predicted octanol–water partition coefficient (Wildman–Crippen LogP) is 5.26. The molecule has 0 heterocycles. The molecule has 0 fully saturated rings. The highest BCUT2D eigenvalue weighted by atomic mass is 35.5. The van der Waals surface area contributed by atoms with E-state index in [4.69, 9.17) is 4.74 Å². The first-order valence-corrected chi connectivity index (χ1v) is 9.70. The zero-order chi connectivity index (χ0) is 19.1. The largest absolute Gasteiger partial charge is 0.414 e. The van der Waals surface area contributed by atoms with Crippen molar-refractivity contribution in [2.45, 2.75) is 24.3 Å². The molecule has 0 radical (unpaired) electrons. The number of carbonyl (C=O) groups excluding carboxylic acids is 1. The summed E-state index contributed by atoms with van der Waals surface area (Å²) in [5, 5.41) is 0. The summed E-state index contributed by atoms with van der Waals surface area (Å²) in [5.74, 6) is 1.61. The minimum Gasteiger partial charge on any atom is -0.410 e. The lowest BCUT2D eigenvalue weighted by molar-refractivity contribution is 0.172. The Morgan fingerprint density at radius 2 is 1.59 bits per heavy atom. The van der Waals surface area contributed by atoms with Gasteiger partial charge in [-0.1, -0.05) is 29.8 Å². The number of aryl methyl sites for hydroxylation is 1. The fraction of sp³-hybridized carbons (Fsp3) is 0.381. The van der Waals surface area contributed by atoms with E-state index in [-0.39, 0.29) is 18.5 Å². The summed E-state index contributed by atoms with van der Waals surface area (Å²) in [6.45, 7) is 2.11. The number of hydrogen-bond donors (Lipinski definition) is 0. The molecule has 2 aromatic rings. The maximum Gasteiger partial charge on any atom is 0.414 e. The molecule has 0 aromatic heterocycles. The molecule has 0 N–H and O–H groups in total. The minimum absolute atomic E-state index is 0. The van der Waals surface area contributed by atoms with Gasteiger partial charge in [-0.05, 0) is 63.0 Å². The Morgan fingerprint density at radius 1 is 1.00 bits per heavy atom. The molecule has 0 bridgehead atoms. The van der Waals surface area contributed by atoms with Gasteiger partial charge in [0.25, 0.3) is 0 Å². The Labute approximate surface area is 173 Å². The van der Waals surface area contributed by atoms with Gasteiger partial charge >= 0.3 is 6.09 Å². The number of hydrogen-bond acceptors (Lipinski definition) is 4. The van der Waals surface area contributed by atoms with Crippen LogP contribution in [0.1, 0.15) is 23.6 Å². The second kappa shape index (κ2) is 11.2. The minimum atomic E-state index is -0.364. The summed E-state index contributed by atoms with van der Waals surface area (Å²) in [4.78, 5) is 16.6. The van der Waals surface area contributed by atoms with Crippen LogP contribution in [0.4, 0.5) is 4.79 Å². The number of ether oxygens (including phenoxy) is 1. The van der Waals surface area contributed by atoms with Crippen molar-refractivity contribution in [2.75, 3.05) is 33.9 Å². The van der Waals surface area contributed by atoms with Gasteiger partial charge in [0.05, 0.1) is 0 Å². The SMILES string of the molecule is Cc1ccc(SCCC(c2ccc(OC(=O)N(C)C)cc2)N(C)C)cc1.Cl. The Balaban J connectivity index is 0.00000364. The zero-order valence-corrected chi connectivity index (χ0v) is 18.3. The second-order valence-electron chi connectivity index (χ2n) is 6.76. The quantitative estimate of drug-likeness (QED) is 0.585. The molecular formula is C21H29ClN2O2S. The third-order valence-corrected chi connectivity index (χ3v) is 5.18. The van der Waals surface area contributed by atoms with Crippen LogP contribution in [0.15, 0.2) is 53.4 Å². The number of thioether (sulfide) groups is 1. The van der Waals surface area contributed by atoms with Gasteiger partial charge in [0.2, 0.25) is 0 Å². The summed E-state index contributed by atoms with van der Waals surface area (Å²) in [5.41, 5.74) is 2.51. The number of amides is 1. The Morgan fingerprint density at radius 3 is 2.11 bits per heavy atom. The molecule has 6 heteroatoms. The first-order chi connectivity index (χ1) is 12.4. The number of benzene rings is 2. The Bertz CT molecular complexity index is 703. The van der Waals surface area contributed by atoms with Crippen molar-refractivity contribution in [3.8, 4) is 5.75 Å². The molecule has 0 saturated heterocycles. The molecule has 0 spiro atoms. The van der Waals surface area contributed by atoms with E-state index < -0.39 is 0 Å². The average molecular weight is 409 g/mol. The molecule has 0 aliphatic carbocycles. The van der Waals surface area contributed by atoms with Gasteiger partial charge in [0, 0.05) is 25.0 Å². The molecule has 0 saturated carbocycles. The first-order valence-electron chi connectivity index (χ1n) is 8.72. The molecule has 0 aliphatic heterocycles. The molecule has 1 amide bonds. The average Bonchev–Trinajstić information content (AvgIpc) is 2.61. The molecule has 4 nitrogen and oxygen atoms in total. The van der Waals surface area contributed by atoms with E-state index in [9.17, 15) is 4.79 Å². The smallest absolute Gasteiger partial charge is 0.410 e. The fourth-order valence-corrected chi connectivity index (χ4v) is 3.50. The predicted molar refractivity (Wildman–Crippen MR) is 116 cm³/mol. The van der Waals surface area contributed by atoms with Crippen LogP contribution in [-0.4, -0.2) is 49.8 Å². The van der Waals surface area contributed by atoms with E-state index in [0.29, 0.717) is 11.8 Å². The zero-order valence-electron chi connectivity index (χ0n) is 16.6. The van der Waals surface area contributed by atoms with Crippen molar-refractivity contribution in [3.63, 3.8) is 0 Å². The second-order valence-corrected chi connectivity index (χ2v) is 7.93. The van der Waals surface area contributed by atoms with E-state index in [2.05, 4.69) is 50.2 Å². The molecule has 148 valence electrons. The van der Waals surface area contributed by atoms with E-state index in [1.807, 2.05) is 36.0 Å². The third-order valence-electron chi connectivity index (χ3n) is 4.14. The van der Waals surface area contributed by atoms with Crippen LogP contribution in [-0.2, 0) is 0 Å². The van der Waals surface area contributed by atoms with Crippen molar-refractivity contribution in [1.29, 1.82) is 0 Å². The topological polar surface area (TPSA) is 32.8 Å². The van der Waals surface area contributed by atoms with E-state index in [1.54, 1.807) is 14.1 Å². The van der Waals surface area contributed by atoms with E-state index in [0.717, 1.165) is 12.2 Å². The maximum atomic E-state index is 11.6. The normalized spacial score (nSPS) is 11.6. The summed E-state index contributed by atoms with van der Waals surface area (Å²) >= 11 is 1.88. The van der Waals surface area contributed by atoms with Gasteiger partial charge in [-0.15, -0.1) is 24.2 Å². The highest BCUT2D eigenvalue weighted by molar-refractivity contribution is 7.99. The molecule has 2 rings (SSSR count). The van der Waals surface area contributed by atoms with E-state index >= 15 is 0 Å². The van der Waals surface area contributed by atoms with Crippen molar-refractivity contribution in [2.24, 2.45) is 0 Å². The lowest BCUT2D eigenvalue weighted by Gasteiger charge is -2.25. The Kier molecular flexibility index (Phi) is 9.70. The first kappa shape index (κ1) is 23.3. The van der Waals surface area contributed by atoms with Crippen LogP contribution in [0.3, 0.4) is 0 Å². The van der Waals surface area contributed by atoms with Crippen LogP contribution in [0.2, 0.25) is 0 Å². The van der Waals surface area contributed by atoms with Crippen LogP contribution in [0, 0.1) is 6.92 Å². The monoisotopic (exact) mass is 408 g/mol. The van der Waals surface area contributed by atoms with Crippen LogP contribution in [0.25, 0.3) is 0 Å². The number of nitrogens with zero attached hydrogens (tertiary/aromatic N) is 2. The van der Waals surface area contributed by atoms with Crippen LogP contribution < -0.4 is 4.74 Å². The molecule has 2 aromatic carbocycles. The molecule has 1 atom stereocenters. The number of halogens is 1. The molecule has 1 unspecified atom stereocenters. The van der Waals surface area contributed by atoms with Gasteiger partial charge in [-0.2, -0.15) is 0 Å². The van der Waals surface area contributed by atoms with E-state index in [1.165, 1.54) is 20.9 Å². The number of rotatable bonds is 7. The van der Waals surface area contributed by atoms with Crippen LogP contribution in [0.5, 0.6) is 5.75 Å². The molecule has 27 heavy (non-hydrogen) atoms. The van der Waals surface area contributed by atoms with Crippen molar-refractivity contribution in [1.82, 2.24) is 9.80 Å². The summed E-state index contributed by atoms with van der Waals surface area (Å²) < 4.78 is 5.29. The summed E-state index contributed by atoms with van der Waals surface area (Å²) in [6.07, 6.45) is 0.680. The third kappa shape index (κ3) is 7.45. The van der Waals surface area contributed by atoms with Crippen molar-refractivity contribution >= 4 is 30.3 Å². The lowest BCUT2D eigenvalue weighted by atomic mass is 10.0. The van der Waals surface area contributed by atoms with Gasteiger partial charge < -0.3 is 14.5 Å². The van der Waals surface area contributed by atoms with Gasteiger partial charge in [0.1, 0.15) is 5.75 Å². The maximum absolute atomic E-state index is 11.6. The van der Waals surface area contributed by atoms with Gasteiger partial charge in [-0.25, -0.2) is 4.79 Å². The standard InChI is InChI=1S/C21H28N2O2S.ClH/c1-16-6-12-19(13-7-16)26-15-14-20(22(2)3)17-8-10-18(11-9-17)25-21(24)23(4)5;/h6-13,20H,14-15H2,1-5H3;1H. The van der Waals surface area contributed by atoms with Crippen LogP contribution >= 0.6 is 24.2 Å². The lowest BCUT2D eigenvalue weighted by Crippen LogP contribution is -2.25. The Hall–Kier alpha value is -1.69. The number of carbonyl (C=O) groups is 1. The summed E-state index contributed by atoms with van der Waals surface area (Å²) in [6, 6.07) is 16.8. The molecular weight excluding hydrogens is 380 g/mol. The van der Waals surface area contributed by atoms with Crippen molar-refractivity contribution in [3.05, 3.63) is 59.7 Å². The highest BCUT2D eigenvalue weighted by Gasteiger charge is 2.15. The highest BCUT2D eigenvalue weighted by Crippen LogP contribution is 2.28. The van der Waals surface area contributed by atoms with Gasteiger partial charge in [0.15, 0.2) is 0 Å². The molecule has 0 aliphatic rings. The van der Waals surface area contributed by atoms with Gasteiger partial charge in [-0.3, -0.25) is 0 Å². The fourth-order valence-electron chi connectivity index (χ4n) is 2.60.